The molecule has 1 aromatic heterocycles. The van der Waals surface area contributed by atoms with Crippen LogP contribution in [-0.4, -0.2) is 40.0 Å². The summed E-state index contributed by atoms with van der Waals surface area (Å²) in [6.07, 6.45) is 2.56. The Morgan fingerprint density at radius 1 is 1.19 bits per heavy atom. The molecule has 3 aromatic rings. The molecule has 1 heterocycles. The zero-order valence-electron chi connectivity index (χ0n) is 14.5. The van der Waals surface area contributed by atoms with Gasteiger partial charge in [0.1, 0.15) is 6.33 Å². The number of thioether (sulfide) groups is 1. The molecule has 0 unspecified atom stereocenters. The van der Waals surface area contributed by atoms with Crippen molar-refractivity contribution in [1.82, 2.24) is 14.8 Å². The van der Waals surface area contributed by atoms with Crippen LogP contribution < -0.4 is 0 Å². The van der Waals surface area contributed by atoms with Crippen molar-refractivity contribution in [1.29, 1.82) is 0 Å². The molecule has 6 heteroatoms. The molecule has 0 radical (unpaired) electrons. The van der Waals surface area contributed by atoms with Gasteiger partial charge < -0.3 is 9.30 Å². The minimum atomic E-state index is 0.107. The molecular formula is C20H19N3O2S. The molecule has 2 aromatic carbocycles. The van der Waals surface area contributed by atoms with Crippen LogP contribution >= 0.6 is 11.8 Å². The lowest BCUT2D eigenvalue weighted by molar-refractivity contribution is 0.102. The monoisotopic (exact) mass is 365 g/mol. The van der Waals surface area contributed by atoms with Gasteiger partial charge in [-0.2, -0.15) is 0 Å². The molecule has 0 atom stereocenters. The number of carbonyl (C=O) groups excluding carboxylic acids is 1. The van der Waals surface area contributed by atoms with Crippen LogP contribution in [0.1, 0.15) is 21.5 Å². The van der Waals surface area contributed by atoms with Gasteiger partial charge in [-0.15, -0.1) is 10.2 Å². The molecule has 5 nitrogen and oxygen atoms in total. The predicted molar refractivity (Wildman–Crippen MR) is 102 cm³/mol. The lowest BCUT2D eigenvalue weighted by atomic mass is 10.0. The number of benzene rings is 2. The topological polar surface area (TPSA) is 57.0 Å². The van der Waals surface area contributed by atoms with Gasteiger partial charge in [0.2, 0.25) is 0 Å². The minimum absolute atomic E-state index is 0.107. The van der Waals surface area contributed by atoms with Gasteiger partial charge in [-0.1, -0.05) is 48.2 Å². The minimum Gasteiger partial charge on any atom is -0.383 e. The van der Waals surface area contributed by atoms with Gasteiger partial charge in [-0.3, -0.25) is 4.79 Å². The molecule has 26 heavy (non-hydrogen) atoms. The fourth-order valence-electron chi connectivity index (χ4n) is 3.23. The van der Waals surface area contributed by atoms with Crippen molar-refractivity contribution >= 4 is 17.5 Å². The second-order valence-corrected chi connectivity index (χ2v) is 7.16. The van der Waals surface area contributed by atoms with Gasteiger partial charge in [0.15, 0.2) is 10.9 Å². The molecule has 0 fully saturated rings. The first-order valence-corrected chi connectivity index (χ1v) is 9.49. The Labute approximate surface area is 156 Å². The Morgan fingerprint density at radius 3 is 2.92 bits per heavy atom. The molecule has 0 bridgehead atoms. The summed E-state index contributed by atoms with van der Waals surface area (Å²) in [5.41, 5.74) is 5.83. The van der Waals surface area contributed by atoms with Gasteiger partial charge >= 0.3 is 0 Å². The number of Topliss-reactive ketones (excluding diaryl/α,β-unsaturated/α-hetero) is 1. The maximum absolute atomic E-state index is 12.6. The number of methoxy groups -OCH3 is 1. The summed E-state index contributed by atoms with van der Waals surface area (Å²) in [6, 6.07) is 14.5. The van der Waals surface area contributed by atoms with Crippen LogP contribution in [0.5, 0.6) is 0 Å². The molecule has 1 aliphatic carbocycles. The summed E-state index contributed by atoms with van der Waals surface area (Å²) in [6.45, 7) is 1.27. The number of hydrogen-bond donors (Lipinski definition) is 0. The van der Waals surface area contributed by atoms with Crippen molar-refractivity contribution in [3.8, 4) is 11.1 Å². The zero-order valence-corrected chi connectivity index (χ0v) is 15.3. The number of ether oxygens (including phenoxy) is 1. The fraction of sp³-hybridized carbons (Fsp3) is 0.250. The van der Waals surface area contributed by atoms with Gasteiger partial charge in [0.25, 0.3) is 0 Å². The average Bonchev–Trinajstić information content (AvgIpc) is 3.27. The van der Waals surface area contributed by atoms with E-state index in [0.29, 0.717) is 18.9 Å². The lowest BCUT2D eigenvalue weighted by Gasteiger charge is -2.06. The van der Waals surface area contributed by atoms with Crippen molar-refractivity contribution in [2.24, 2.45) is 0 Å². The Balaban J connectivity index is 1.45. The highest BCUT2D eigenvalue weighted by atomic mass is 32.2. The van der Waals surface area contributed by atoms with Crippen LogP contribution in [-0.2, 0) is 17.7 Å². The Bertz CT molecular complexity index is 952. The summed E-state index contributed by atoms with van der Waals surface area (Å²) in [7, 11) is 1.66. The van der Waals surface area contributed by atoms with Gasteiger partial charge in [0.05, 0.1) is 12.4 Å². The molecular weight excluding hydrogens is 346 g/mol. The van der Waals surface area contributed by atoms with E-state index in [1.165, 1.54) is 34.0 Å². The van der Waals surface area contributed by atoms with Crippen LogP contribution in [0.4, 0.5) is 0 Å². The first-order chi connectivity index (χ1) is 12.8. The SMILES string of the molecule is COCCn1cnnc1SCC(=O)c1ccc2c(c1)Cc1ccccc1-2. The number of ketones is 1. The smallest absolute Gasteiger partial charge is 0.191 e. The van der Waals surface area contributed by atoms with E-state index in [9.17, 15) is 4.79 Å². The lowest BCUT2D eigenvalue weighted by Crippen LogP contribution is -2.07. The van der Waals surface area contributed by atoms with Crippen molar-refractivity contribution in [2.45, 2.75) is 18.1 Å². The van der Waals surface area contributed by atoms with Crippen molar-refractivity contribution in [2.75, 3.05) is 19.5 Å². The Hall–Kier alpha value is -2.44. The predicted octanol–water partition coefficient (Wildman–Crippen LogP) is 3.47. The number of hydrogen-bond acceptors (Lipinski definition) is 5. The molecule has 0 N–H and O–H groups in total. The summed E-state index contributed by atoms with van der Waals surface area (Å²) >= 11 is 1.41. The van der Waals surface area contributed by atoms with Crippen LogP contribution in [0, 0.1) is 0 Å². The second-order valence-electron chi connectivity index (χ2n) is 6.22. The molecule has 132 valence electrons. The normalized spacial score (nSPS) is 12.0. The summed E-state index contributed by atoms with van der Waals surface area (Å²) in [4.78, 5) is 12.6. The van der Waals surface area contributed by atoms with Crippen molar-refractivity contribution in [3.05, 3.63) is 65.5 Å². The van der Waals surface area contributed by atoms with Crippen LogP contribution in [0.15, 0.2) is 53.9 Å². The van der Waals surface area contributed by atoms with Crippen molar-refractivity contribution < 1.29 is 9.53 Å². The van der Waals surface area contributed by atoms with E-state index in [4.69, 9.17) is 4.74 Å². The van der Waals surface area contributed by atoms with E-state index >= 15 is 0 Å². The number of nitrogens with zero attached hydrogens (tertiary/aromatic N) is 3. The highest BCUT2D eigenvalue weighted by Crippen LogP contribution is 2.36. The van der Waals surface area contributed by atoms with Gasteiger partial charge in [0, 0.05) is 19.2 Å². The molecule has 0 amide bonds. The van der Waals surface area contributed by atoms with Crippen LogP contribution in [0.25, 0.3) is 11.1 Å². The summed E-state index contributed by atoms with van der Waals surface area (Å²) in [5, 5.41) is 8.75. The highest BCUT2D eigenvalue weighted by Gasteiger charge is 2.19. The molecule has 0 saturated carbocycles. The Kier molecular flexibility index (Phi) is 4.86. The number of carbonyl (C=O) groups is 1. The third kappa shape index (κ3) is 3.30. The highest BCUT2D eigenvalue weighted by molar-refractivity contribution is 7.99. The molecule has 1 aliphatic rings. The maximum Gasteiger partial charge on any atom is 0.191 e. The summed E-state index contributed by atoms with van der Waals surface area (Å²) in [5.74, 6) is 0.451. The number of fused-ring (bicyclic) bond motifs is 3. The largest absolute Gasteiger partial charge is 0.383 e. The van der Waals surface area contributed by atoms with Crippen LogP contribution in [0.2, 0.25) is 0 Å². The van der Waals surface area contributed by atoms with E-state index in [1.807, 2.05) is 16.7 Å². The van der Waals surface area contributed by atoms with Crippen LogP contribution in [0.3, 0.4) is 0 Å². The quantitative estimate of drug-likeness (QED) is 0.371. The van der Waals surface area contributed by atoms with E-state index in [0.717, 1.165) is 17.1 Å². The molecule has 0 saturated heterocycles. The third-order valence-corrected chi connectivity index (χ3v) is 5.55. The second kappa shape index (κ2) is 7.43. The van der Waals surface area contributed by atoms with Crippen molar-refractivity contribution in [3.63, 3.8) is 0 Å². The number of aromatic nitrogens is 3. The van der Waals surface area contributed by atoms with Gasteiger partial charge in [-0.25, -0.2) is 0 Å². The molecule has 4 rings (SSSR count). The van der Waals surface area contributed by atoms with E-state index in [-0.39, 0.29) is 5.78 Å². The maximum atomic E-state index is 12.6. The number of rotatable bonds is 7. The fourth-order valence-corrected chi connectivity index (χ4v) is 4.07. The first-order valence-electron chi connectivity index (χ1n) is 8.50. The third-order valence-electron chi connectivity index (χ3n) is 4.56. The van der Waals surface area contributed by atoms with E-state index < -0.39 is 0 Å². The van der Waals surface area contributed by atoms with E-state index in [1.54, 1.807) is 13.4 Å². The zero-order chi connectivity index (χ0) is 17.9. The summed E-state index contributed by atoms with van der Waals surface area (Å²) < 4.78 is 6.99. The standard InChI is InChI=1S/C20H19N3O2S/c1-25-9-8-23-13-21-22-20(23)26-12-19(24)15-6-7-18-16(11-15)10-14-4-2-3-5-17(14)18/h2-7,11,13H,8-10,12H2,1H3. The molecule has 0 aliphatic heterocycles. The van der Waals surface area contributed by atoms with E-state index in [2.05, 4.69) is 40.5 Å². The average molecular weight is 365 g/mol. The van der Waals surface area contributed by atoms with Gasteiger partial charge in [-0.05, 0) is 34.7 Å². The Morgan fingerprint density at radius 2 is 2.04 bits per heavy atom. The molecule has 0 spiro atoms. The first kappa shape index (κ1) is 17.0.